The van der Waals surface area contributed by atoms with Crippen molar-refractivity contribution in [1.82, 2.24) is 4.90 Å². The van der Waals surface area contributed by atoms with Gasteiger partial charge in [0.15, 0.2) is 0 Å². The molecule has 0 bridgehead atoms. The summed E-state index contributed by atoms with van der Waals surface area (Å²) in [7, 11) is -4.01. The van der Waals surface area contributed by atoms with Crippen molar-refractivity contribution >= 4 is 21.6 Å². The molecular formula is C21H22FN3O4S. The fraction of sp³-hybridized carbons (Fsp3) is 0.333. The number of benzene rings is 2. The molecule has 1 fully saturated rings. The summed E-state index contributed by atoms with van der Waals surface area (Å²) in [6.07, 6.45) is 1.59. The molecule has 1 aliphatic rings. The summed E-state index contributed by atoms with van der Waals surface area (Å²) in [5.41, 5.74) is 0.170. The molecule has 158 valence electrons. The highest BCUT2D eigenvalue weighted by Crippen LogP contribution is 2.21. The molecule has 1 N–H and O–H groups in total. The number of nitriles is 1. The number of nitrogens with one attached hydrogen (secondary N) is 1. The largest absolute Gasteiger partial charge is 0.381 e. The Bertz CT molecular complexity index is 1030. The zero-order valence-electron chi connectivity index (χ0n) is 16.3. The van der Waals surface area contributed by atoms with Crippen LogP contribution in [0.4, 0.5) is 10.1 Å². The van der Waals surface area contributed by atoms with Gasteiger partial charge >= 0.3 is 0 Å². The third-order valence-corrected chi connectivity index (χ3v) is 6.27. The van der Waals surface area contributed by atoms with Crippen molar-refractivity contribution in [2.24, 2.45) is 0 Å². The number of carbonyl (C=O) groups excluding carboxylic acids is 1. The van der Waals surface area contributed by atoms with Gasteiger partial charge in [0, 0.05) is 31.4 Å². The van der Waals surface area contributed by atoms with Crippen molar-refractivity contribution in [3.05, 3.63) is 59.9 Å². The smallest absolute Gasteiger partial charge is 0.261 e. The van der Waals surface area contributed by atoms with E-state index < -0.39 is 15.8 Å². The molecule has 1 heterocycles. The van der Waals surface area contributed by atoms with E-state index >= 15 is 0 Å². The monoisotopic (exact) mass is 431 g/mol. The van der Waals surface area contributed by atoms with Gasteiger partial charge in [0.25, 0.3) is 15.9 Å². The molecule has 1 aliphatic heterocycles. The summed E-state index contributed by atoms with van der Waals surface area (Å²) < 4.78 is 46.4. The minimum absolute atomic E-state index is 0.0225. The fourth-order valence-corrected chi connectivity index (χ4v) is 4.37. The van der Waals surface area contributed by atoms with Gasteiger partial charge in [-0.25, -0.2) is 12.8 Å². The predicted octanol–water partition coefficient (Wildman–Crippen LogP) is 3.16. The lowest BCUT2D eigenvalue weighted by Gasteiger charge is -2.34. The zero-order valence-corrected chi connectivity index (χ0v) is 17.1. The van der Waals surface area contributed by atoms with Crippen molar-refractivity contribution in [2.45, 2.75) is 30.2 Å². The third kappa shape index (κ3) is 5.14. The second-order valence-corrected chi connectivity index (χ2v) is 8.54. The van der Waals surface area contributed by atoms with Crippen molar-refractivity contribution in [3.8, 4) is 6.07 Å². The van der Waals surface area contributed by atoms with Crippen LogP contribution in [0.15, 0.2) is 53.4 Å². The molecule has 0 spiro atoms. The van der Waals surface area contributed by atoms with Crippen LogP contribution < -0.4 is 4.72 Å². The molecule has 3 rings (SSSR count). The summed E-state index contributed by atoms with van der Waals surface area (Å²) in [6.45, 7) is 1.41. The normalized spacial score (nSPS) is 14.7. The highest BCUT2D eigenvalue weighted by molar-refractivity contribution is 7.92. The second kappa shape index (κ2) is 9.69. The zero-order chi connectivity index (χ0) is 21.6. The average Bonchev–Trinajstić information content (AvgIpc) is 2.76. The van der Waals surface area contributed by atoms with Crippen LogP contribution in [0.5, 0.6) is 0 Å². The number of halogens is 1. The molecule has 0 aromatic heterocycles. The number of anilines is 1. The van der Waals surface area contributed by atoms with Gasteiger partial charge in [-0.15, -0.1) is 0 Å². The maximum atomic E-state index is 13.8. The van der Waals surface area contributed by atoms with Gasteiger partial charge in [-0.3, -0.25) is 9.52 Å². The summed E-state index contributed by atoms with van der Waals surface area (Å²) in [6, 6.07) is 13.0. The van der Waals surface area contributed by atoms with Crippen molar-refractivity contribution < 1.29 is 22.3 Å². The molecule has 0 unspecified atom stereocenters. The Morgan fingerprint density at radius 3 is 2.47 bits per heavy atom. The minimum Gasteiger partial charge on any atom is -0.381 e. The third-order valence-electron chi connectivity index (χ3n) is 4.89. The lowest BCUT2D eigenvalue weighted by Crippen LogP contribution is -2.44. The molecule has 0 radical (unpaired) electrons. The standard InChI is InChI=1S/C21H22FN3O4S/c22-19-4-1-2-5-20(19)24-30(27,28)18-8-6-16(7-9-18)21(26)25(13-3-12-23)17-10-14-29-15-11-17/h1-2,4-9,17,24H,3,10-11,13-15H2. The molecule has 1 saturated heterocycles. The molecule has 0 aliphatic carbocycles. The van der Waals surface area contributed by atoms with E-state index in [1.54, 1.807) is 4.90 Å². The van der Waals surface area contributed by atoms with Crippen LogP contribution in [0.3, 0.4) is 0 Å². The summed E-state index contributed by atoms with van der Waals surface area (Å²) in [4.78, 5) is 14.6. The molecule has 1 amide bonds. The molecule has 0 atom stereocenters. The van der Waals surface area contributed by atoms with Gasteiger partial charge in [0.1, 0.15) is 5.82 Å². The van der Waals surface area contributed by atoms with Gasteiger partial charge < -0.3 is 9.64 Å². The van der Waals surface area contributed by atoms with Crippen molar-refractivity contribution in [1.29, 1.82) is 5.26 Å². The van der Waals surface area contributed by atoms with Crippen LogP contribution in [0, 0.1) is 17.1 Å². The van der Waals surface area contributed by atoms with Gasteiger partial charge in [-0.1, -0.05) is 12.1 Å². The predicted molar refractivity (Wildman–Crippen MR) is 109 cm³/mol. The van der Waals surface area contributed by atoms with Crippen LogP contribution in [-0.4, -0.2) is 45.0 Å². The number of hydrogen-bond acceptors (Lipinski definition) is 5. The number of para-hydroxylation sites is 1. The van der Waals surface area contributed by atoms with Gasteiger partial charge in [-0.05, 0) is 49.2 Å². The Morgan fingerprint density at radius 1 is 1.17 bits per heavy atom. The Labute approximate surface area is 175 Å². The van der Waals surface area contributed by atoms with Gasteiger partial charge in [-0.2, -0.15) is 5.26 Å². The first-order valence-electron chi connectivity index (χ1n) is 9.55. The lowest BCUT2D eigenvalue weighted by molar-refractivity contribution is 0.0296. The van der Waals surface area contributed by atoms with E-state index in [9.17, 15) is 17.6 Å². The van der Waals surface area contributed by atoms with E-state index in [0.717, 1.165) is 6.07 Å². The number of nitrogens with zero attached hydrogens (tertiary/aromatic N) is 2. The SMILES string of the molecule is N#CCCN(C(=O)c1ccc(S(=O)(=O)Nc2ccccc2F)cc1)C1CCOCC1. The fourth-order valence-electron chi connectivity index (χ4n) is 3.31. The van der Waals surface area contributed by atoms with Crippen LogP contribution in [-0.2, 0) is 14.8 Å². The molecule has 9 heteroatoms. The molecule has 2 aromatic carbocycles. The quantitative estimate of drug-likeness (QED) is 0.726. The van der Waals surface area contributed by atoms with Gasteiger partial charge in [0.2, 0.25) is 0 Å². The Kier molecular flexibility index (Phi) is 7.03. The molecule has 30 heavy (non-hydrogen) atoms. The van der Waals surface area contributed by atoms with E-state index in [1.165, 1.54) is 42.5 Å². The minimum atomic E-state index is -4.01. The van der Waals surface area contributed by atoms with Crippen LogP contribution in [0.25, 0.3) is 0 Å². The Balaban J connectivity index is 1.78. The number of sulfonamides is 1. The molecule has 7 nitrogen and oxygen atoms in total. The number of rotatable bonds is 7. The summed E-state index contributed by atoms with van der Waals surface area (Å²) >= 11 is 0. The Morgan fingerprint density at radius 2 is 1.83 bits per heavy atom. The van der Waals surface area contributed by atoms with E-state index in [2.05, 4.69) is 10.8 Å². The molecular weight excluding hydrogens is 409 g/mol. The Hall–Kier alpha value is -2.96. The van der Waals surface area contributed by atoms with E-state index in [0.29, 0.717) is 38.2 Å². The highest BCUT2D eigenvalue weighted by Gasteiger charge is 2.27. The first kappa shape index (κ1) is 21.7. The van der Waals surface area contributed by atoms with E-state index in [4.69, 9.17) is 10.00 Å². The van der Waals surface area contributed by atoms with Crippen LogP contribution in [0.1, 0.15) is 29.6 Å². The summed E-state index contributed by atoms with van der Waals surface area (Å²) in [5, 5.41) is 8.92. The number of hydrogen-bond donors (Lipinski definition) is 1. The topological polar surface area (TPSA) is 99.5 Å². The average molecular weight is 431 g/mol. The molecule has 2 aromatic rings. The maximum Gasteiger partial charge on any atom is 0.261 e. The summed E-state index contributed by atoms with van der Waals surface area (Å²) in [5.74, 6) is -0.944. The van der Waals surface area contributed by atoms with E-state index in [1.807, 2.05) is 0 Å². The van der Waals surface area contributed by atoms with E-state index in [-0.39, 0.29) is 29.0 Å². The number of carbonyl (C=O) groups is 1. The highest BCUT2D eigenvalue weighted by atomic mass is 32.2. The number of amides is 1. The first-order valence-corrected chi connectivity index (χ1v) is 11.0. The van der Waals surface area contributed by atoms with Crippen molar-refractivity contribution in [3.63, 3.8) is 0 Å². The lowest BCUT2D eigenvalue weighted by atomic mass is 10.0. The van der Waals surface area contributed by atoms with Crippen LogP contribution >= 0.6 is 0 Å². The van der Waals surface area contributed by atoms with Gasteiger partial charge in [0.05, 0.1) is 23.1 Å². The molecule has 0 saturated carbocycles. The number of ether oxygens (including phenoxy) is 1. The second-order valence-electron chi connectivity index (χ2n) is 6.86. The van der Waals surface area contributed by atoms with Crippen LogP contribution in [0.2, 0.25) is 0 Å². The first-order chi connectivity index (χ1) is 14.4. The van der Waals surface area contributed by atoms with Crippen molar-refractivity contribution in [2.75, 3.05) is 24.5 Å². The maximum absolute atomic E-state index is 13.8.